The molecule has 34 heavy (non-hydrogen) atoms. The standard InChI is InChI=1S/C30H28O4/c31-27-25(18-16-22-10-5-2-6-11-22)28(32)30(34)26(29(27)33)19-17-24-13-7-12-23(20-24)15-14-21-8-3-1-4-9-21/h1-13,20,31,34H,14-19H2. The Hall–Kier alpha value is -3.92. The first-order valence-electron chi connectivity index (χ1n) is 11.6. The van der Waals surface area contributed by atoms with Crippen LogP contribution < -0.4 is 0 Å². The summed E-state index contributed by atoms with van der Waals surface area (Å²) in [6.45, 7) is 0. The predicted octanol–water partition coefficient (Wildman–Crippen LogP) is 5.81. The Labute approximate surface area is 199 Å². The summed E-state index contributed by atoms with van der Waals surface area (Å²) in [6, 6.07) is 27.9. The van der Waals surface area contributed by atoms with Gasteiger partial charge in [-0.2, -0.15) is 0 Å². The molecular weight excluding hydrogens is 424 g/mol. The number of hydrogen-bond acceptors (Lipinski definition) is 4. The molecule has 1 aliphatic carbocycles. The van der Waals surface area contributed by atoms with Gasteiger partial charge in [-0.3, -0.25) is 9.59 Å². The molecule has 0 saturated carbocycles. The van der Waals surface area contributed by atoms with Crippen molar-refractivity contribution in [3.63, 3.8) is 0 Å². The maximum Gasteiger partial charge on any atom is 0.227 e. The Kier molecular flexibility index (Phi) is 7.38. The van der Waals surface area contributed by atoms with E-state index in [1.807, 2.05) is 60.7 Å². The van der Waals surface area contributed by atoms with Crippen molar-refractivity contribution in [2.45, 2.75) is 38.5 Å². The Morgan fingerprint density at radius 2 is 0.794 bits per heavy atom. The van der Waals surface area contributed by atoms with E-state index in [0.29, 0.717) is 12.8 Å². The highest BCUT2D eigenvalue weighted by molar-refractivity contribution is 6.23. The summed E-state index contributed by atoms with van der Waals surface area (Å²) in [6.07, 6.45) is 3.21. The van der Waals surface area contributed by atoms with Crippen molar-refractivity contribution in [3.8, 4) is 0 Å². The third kappa shape index (κ3) is 5.52. The summed E-state index contributed by atoms with van der Waals surface area (Å²) in [5, 5.41) is 21.0. The van der Waals surface area contributed by atoms with Crippen molar-refractivity contribution in [2.75, 3.05) is 0 Å². The van der Waals surface area contributed by atoms with Crippen LogP contribution in [0.25, 0.3) is 0 Å². The molecule has 0 fully saturated rings. The van der Waals surface area contributed by atoms with E-state index in [0.717, 1.165) is 24.0 Å². The minimum absolute atomic E-state index is 0.0133. The van der Waals surface area contributed by atoms with Crippen LogP contribution in [0.2, 0.25) is 0 Å². The van der Waals surface area contributed by atoms with Crippen LogP contribution in [0.4, 0.5) is 0 Å². The molecule has 0 atom stereocenters. The van der Waals surface area contributed by atoms with Gasteiger partial charge in [0.15, 0.2) is 11.5 Å². The molecule has 0 radical (unpaired) electrons. The summed E-state index contributed by atoms with van der Waals surface area (Å²) < 4.78 is 0. The molecule has 4 nitrogen and oxygen atoms in total. The van der Waals surface area contributed by atoms with E-state index < -0.39 is 23.1 Å². The van der Waals surface area contributed by atoms with Gasteiger partial charge in [-0.1, -0.05) is 84.9 Å². The van der Waals surface area contributed by atoms with Gasteiger partial charge in [0.25, 0.3) is 0 Å². The highest BCUT2D eigenvalue weighted by atomic mass is 16.3. The highest BCUT2D eigenvalue weighted by Gasteiger charge is 2.34. The molecule has 3 aromatic carbocycles. The third-order valence-corrected chi connectivity index (χ3v) is 6.26. The van der Waals surface area contributed by atoms with Crippen molar-refractivity contribution in [1.29, 1.82) is 0 Å². The second kappa shape index (κ2) is 10.8. The molecular formula is C30H28O4. The minimum Gasteiger partial charge on any atom is -0.504 e. The SMILES string of the molecule is O=C1C(O)=C(CCc2cccc(CCc3ccccc3)c2)C(=O)C(O)=C1CCc1ccccc1. The number of carbonyl (C=O) groups is 2. The van der Waals surface area contributed by atoms with Crippen LogP contribution in [-0.2, 0) is 35.3 Å². The number of hydrogen-bond donors (Lipinski definition) is 2. The fraction of sp³-hybridized carbons (Fsp3) is 0.200. The number of aliphatic hydroxyl groups excluding tert-OH is 2. The molecule has 172 valence electrons. The lowest BCUT2D eigenvalue weighted by atomic mass is 9.87. The Morgan fingerprint density at radius 3 is 1.26 bits per heavy atom. The molecule has 4 heteroatoms. The van der Waals surface area contributed by atoms with Crippen LogP contribution >= 0.6 is 0 Å². The van der Waals surface area contributed by atoms with Gasteiger partial charge in [-0.15, -0.1) is 0 Å². The lowest BCUT2D eigenvalue weighted by Gasteiger charge is -2.18. The average molecular weight is 453 g/mol. The Morgan fingerprint density at radius 1 is 0.441 bits per heavy atom. The molecule has 2 N–H and O–H groups in total. The lowest BCUT2D eigenvalue weighted by Crippen LogP contribution is -2.25. The summed E-state index contributed by atoms with van der Waals surface area (Å²) in [4.78, 5) is 25.5. The molecule has 0 aliphatic heterocycles. The van der Waals surface area contributed by atoms with Gasteiger partial charge in [0, 0.05) is 11.1 Å². The molecule has 0 spiro atoms. The summed E-state index contributed by atoms with van der Waals surface area (Å²) in [7, 11) is 0. The molecule has 0 heterocycles. The van der Waals surface area contributed by atoms with Crippen molar-refractivity contribution in [1.82, 2.24) is 0 Å². The molecule has 0 bridgehead atoms. The smallest absolute Gasteiger partial charge is 0.227 e. The largest absolute Gasteiger partial charge is 0.504 e. The molecule has 0 amide bonds. The van der Waals surface area contributed by atoms with Gasteiger partial charge in [0.1, 0.15) is 0 Å². The molecule has 0 unspecified atom stereocenters. The first kappa shape index (κ1) is 23.2. The first-order valence-corrected chi connectivity index (χ1v) is 11.6. The van der Waals surface area contributed by atoms with E-state index in [9.17, 15) is 19.8 Å². The van der Waals surface area contributed by atoms with Gasteiger partial charge < -0.3 is 10.2 Å². The predicted molar refractivity (Wildman–Crippen MR) is 133 cm³/mol. The Bertz CT molecular complexity index is 1240. The van der Waals surface area contributed by atoms with Crippen LogP contribution in [0.3, 0.4) is 0 Å². The van der Waals surface area contributed by atoms with Crippen molar-refractivity contribution >= 4 is 11.6 Å². The van der Waals surface area contributed by atoms with Crippen LogP contribution in [0.5, 0.6) is 0 Å². The van der Waals surface area contributed by atoms with Crippen LogP contribution in [0.15, 0.2) is 108 Å². The number of aliphatic hydroxyl groups is 2. The minimum atomic E-state index is -0.653. The second-order valence-corrected chi connectivity index (χ2v) is 8.60. The topological polar surface area (TPSA) is 74.6 Å². The van der Waals surface area contributed by atoms with Crippen LogP contribution in [0.1, 0.15) is 35.1 Å². The summed E-state index contributed by atoms with van der Waals surface area (Å²) in [5.74, 6) is -2.38. The molecule has 1 aliphatic rings. The summed E-state index contributed by atoms with van der Waals surface area (Å²) >= 11 is 0. The van der Waals surface area contributed by atoms with E-state index in [1.165, 1.54) is 11.1 Å². The van der Waals surface area contributed by atoms with Gasteiger partial charge in [0.05, 0.1) is 0 Å². The van der Waals surface area contributed by atoms with Crippen LogP contribution in [-0.4, -0.2) is 21.8 Å². The number of allylic oxidation sites excluding steroid dienone is 2. The number of aryl methyl sites for hydroxylation is 4. The number of rotatable bonds is 9. The number of carbonyl (C=O) groups excluding carboxylic acids is 2. The number of Topliss-reactive ketones (excluding diaryl/α,β-unsaturated/α-hetero) is 2. The van der Waals surface area contributed by atoms with E-state index in [1.54, 1.807) is 0 Å². The monoisotopic (exact) mass is 452 g/mol. The van der Waals surface area contributed by atoms with Gasteiger partial charge in [-0.05, 0) is 60.8 Å². The highest BCUT2D eigenvalue weighted by Crippen LogP contribution is 2.28. The zero-order valence-electron chi connectivity index (χ0n) is 19.0. The van der Waals surface area contributed by atoms with Crippen molar-refractivity contribution in [3.05, 3.63) is 130 Å². The van der Waals surface area contributed by atoms with Crippen molar-refractivity contribution in [2.24, 2.45) is 0 Å². The Balaban J connectivity index is 1.40. The fourth-order valence-corrected chi connectivity index (χ4v) is 4.30. The van der Waals surface area contributed by atoms with Gasteiger partial charge in [0.2, 0.25) is 11.6 Å². The van der Waals surface area contributed by atoms with E-state index in [2.05, 4.69) is 24.3 Å². The second-order valence-electron chi connectivity index (χ2n) is 8.60. The first-order chi connectivity index (χ1) is 16.5. The molecule has 4 rings (SSSR count). The normalized spacial score (nSPS) is 14.1. The molecule has 0 aromatic heterocycles. The zero-order valence-corrected chi connectivity index (χ0v) is 19.0. The van der Waals surface area contributed by atoms with E-state index in [-0.39, 0.29) is 24.0 Å². The number of ketones is 2. The third-order valence-electron chi connectivity index (χ3n) is 6.26. The van der Waals surface area contributed by atoms with Gasteiger partial charge in [-0.25, -0.2) is 0 Å². The quantitative estimate of drug-likeness (QED) is 0.402. The average Bonchev–Trinajstić information content (AvgIpc) is 2.88. The zero-order chi connectivity index (χ0) is 23.9. The maximum atomic E-state index is 12.8. The van der Waals surface area contributed by atoms with Gasteiger partial charge >= 0.3 is 0 Å². The number of benzene rings is 3. The van der Waals surface area contributed by atoms with E-state index >= 15 is 0 Å². The van der Waals surface area contributed by atoms with Crippen LogP contribution in [0, 0.1) is 0 Å². The van der Waals surface area contributed by atoms with E-state index in [4.69, 9.17) is 0 Å². The fourth-order valence-electron chi connectivity index (χ4n) is 4.30. The summed E-state index contributed by atoms with van der Waals surface area (Å²) in [5.41, 5.74) is 4.45. The van der Waals surface area contributed by atoms with Crippen molar-refractivity contribution < 1.29 is 19.8 Å². The molecule has 0 saturated heterocycles. The lowest BCUT2D eigenvalue weighted by molar-refractivity contribution is -0.120. The molecule has 3 aromatic rings. The maximum absolute atomic E-state index is 12.8.